The summed E-state index contributed by atoms with van der Waals surface area (Å²) in [7, 11) is 0. The van der Waals surface area contributed by atoms with Crippen LogP contribution in [-0.2, 0) is 4.79 Å². The molecule has 1 rings (SSSR count). The van der Waals surface area contributed by atoms with E-state index < -0.39 is 6.36 Å². The second kappa shape index (κ2) is 5.35. The average Bonchev–Trinajstić information content (AvgIpc) is 2.13. The van der Waals surface area contributed by atoms with Crippen molar-refractivity contribution in [1.29, 1.82) is 0 Å². The number of ether oxygens (including phenoxy) is 1. The molecule has 0 fully saturated rings. The van der Waals surface area contributed by atoms with Crippen molar-refractivity contribution in [1.82, 2.24) is 0 Å². The molecule has 92 valence electrons. The van der Waals surface area contributed by atoms with Gasteiger partial charge in [0.15, 0.2) is 5.78 Å². The highest BCUT2D eigenvalue weighted by Gasteiger charge is 2.32. The van der Waals surface area contributed by atoms with Crippen LogP contribution in [0.1, 0.15) is 12.5 Å². The number of benzene rings is 1. The Bertz CT molecular complexity index is 453. The molecule has 0 radical (unpaired) electrons. The Morgan fingerprint density at radius 1 is 1.41 bits per heavy atom. The zero-order valence-corrected chi connectivity index (χ0v) is 10.3. The van der Waals surface area contributed by atoms with Crippen LogP contribution >= 0.6 is 15.9 Å². The lowest BCUT2D eigenvalue weighted by atomic mass is 10.2. The number of ketones is 1. The lowest BCUT2D eigenvalue weighted by molar-refractivity contribution is -0.274. The summed E-state index contributed by atoms with van der Waals surface area (Å²) >= 11 is 3.09. The van der Waals surface area contributed by atoms with E-state index in [1.54, 1.807) is 6.07 Å². The van der Waals surface area contributed by atoms with Crippen molar-refractivity contribution in [2.45, 2.75) is 13.3 Å². The van der Waals surface area contributed by atoms with E-state index in [1.165, 1.54) is 31.2 Å². The summed E-state index contributed by atoms with van der Waals surface area (Å²) < 4.78 is 40.6. The highest BCUT2D eigenvalue weighted by atomic mass is 79.9. The van der Waals surface area contributed by atoms with E-state index in [0.29, 0.717) is 4.47 Å². The average molecular weight is 309 g/mol. The van der Waals surface area contributed by atoms with Crippen molar-refractivity contribution >= 4 is 27.8 Å². The second-order valence-electron chi connectivity index (χ2n) is 3.14. The maximum atomic E-state index is 12.1. The first-order valence-corrected chi connectivity index (χ1v) is 5.32. The molecule has 0 aliphatic rings. The Morgan fingerprint density at radius 2 is 2.06 bits per heavy atom. The third kappa shape index (κ3) is 4.60. The summed E-state index contributed by atoms with van der Waals surface area (Å²) in [5.74, 6) is -0.622. The van der Waals surface area contributed by atoms with Crippen molar-refractivity contribution in [2.75, 3.05) is 0 Å². The molecule has 0 spiro atoms. The van der Waals surface area contributed by atoms with Crippen molar-refractivity contribution in [3.8, 4) is 5.75 Å². The van der Waals surface area contributed by atoms with Crippen LogP contribution in [0.4, 0.5) is 13.2 Å². The fourth-order valence-corrected chi connectivity index (χ4v) is 1.57. The normalized spacial score (nSPS) is 11.8. The molecule has 0 aromatic heterocycles. The lowest BCUT2D eigenvalue weighted by Crippen LogP contribution is -2.17. The second-order valence-corrected chi connectivity index (χ2v) is 4.00. The molecule has 0 bridgehead atoms. The van der Waals surface area contributed by atoms with Crippen LogP contribution in [0.2, 0.25) is 0 Å². The van der Waals surface area contributed by atoms with Crippen molar-refractivity contribution in [3.63, 3.8) is 0 Å². The van der Waals surface area contributed by atoms with E-state index in [2.05, 4.69) is 20.7 Å². The van der Waals surface area contributed by atoms with E-state index in [9.17, 15) is 18.0 Å². The Hall–Kier alpha value is -1.30. The summed E-state index contributed by atoms with van der Waals surface area (Å²) in [5.41, 5.74) is 0.167. The molecule has 0 aliphatic heterocycles. The highest BCUT2D eigenvalue weighted by Crippen LogP contribution is 2.32. The van der Waals surface area contributed by atoms with Crippen LogP contribution in [0.25, 0.3) is 6.08 Å². The Labute approximate surface area is 104 Å². The monoisotopic (exact) mass is 308 g/mol. The smallest absolute Gasteiger partial charge is 0.405 e. The molecule has 0 aliphatic carbocycles. The number of carbonyl (C=O) groups excluding carboxylic acids is 1. The van der Waals surface area contributed by atoms with Crippen molar-refractivity contribution in [3.05, 3.63) is 34.3 Å². The third-order valence-electron chi connectivity index (χ3n) is 1.72. The van der Waals surface area contributed by atoms with Crippen LogP contribution in [0.5, 0.6) is 5.75 Å². The number of rotatable bonds is 3. The van der Waals surface area contributed by atoms with Crippen LogP contribution in [0, 0.1) is 0 Å². The van der Waals surface area contributed by atoms with E-state index in [0.717, 1.165) is 0 Å². The zero-order valence-electron chi connectivity index (χ0n) is 8.72. The molecule has 0 amide bonds. The van der Waals surface area contributed by atoms with Crippen LogP contribution < -0.4 is 4.74 Å². The topological polar surface area (TPSA) is 26.3 Å². The molecule has 1 aromatic carbocycles. The predicted molar refractivity (Wildman–Crippen MR) is 60.5 cm³/mol. The minimum absolute atomic E-state index is 0.167. The van der Waals surface area contributed by atoms with Crippen LogP contribution in [-0.4, -0.2) is 12.1 Å². The van der Waals surface area contributed by atoms with Gasteiger partial charge in [-0.25, -0.2) is 0 Å². The number of halogens is 4. The standard InChI is InChI=1S/C11H8BrF3O2/c1-7(16)5-6-8-9(12)3-2-4-10(8)17-11(13,14)15/h2-6H,1H3. The van der Waals surface area contributed by atoms with Gasteiger partial charge in [0.25, 0.3) is 0 Å². The predicted octanol–water partition coefficient (Wildman–Crippen LogP) is 3.95. The number of alkyl halides is 3. The molecule has 0 unspecified atom stereocenters. The molecule has 6 heteroatoms. The zero-order chi connectivity index (χ0) is 13.1. The molecular weight excluding hydrogens is 301 g/mol. The molecule has 0 heterocycles. The van der Waals surface area contributed by atoms with Gasteiger partial charge in [-0.1, -0.05) is 22.0 Å². The van der Waals surface area contributed by atoms with E-state index in [1.807, 2.05) is 0 Å². The first kappa shape index (κ1) is 13.8. The molecule has 0 saturated carbocycles. The SMILES string of the molecule is CC(=O)C=Cc1c(Br)cccc1OC(F)(F)F. The maximum absolute atomic E-state index is 12.1. The minimum Gasteiger partial charge on any atom is -0.405 e. The Kier molecular flexibility index (Phi) is 4.34. The fraction of sp³-hybridized carbons (Fsp3) is 0.182. The molecule has 0 saturated heterocycles. The van der Waals surface area contributed by atoms with Gasteiger partial charge in [0, 0.05) is 10.0 Å². The highest BCUT2D eigenvalue weighted by molar-refractivity contribution is 9.10. The first-order chi connectivity index (χ1) is 7.79. The summed E-state index contributed by atoms with van der Waals surface area (Å²) in [6.45, 7) is 1.30. The van der Waals surface area contributed by atoms with Crippen molar-refractivity contribution < 1.29 is 22.7 Å². The van der Waals surface area contributed by atoms with Gasteiger partial charge in [0.05, 0.1) is 0 Å². The van der Waals surface area contributed by atoms with Gasteiger partial charge in [-0.3, -0.25) is 4.79 Å². The molecule has 0 atom stereocenters. The van der Waals surface area contributed by atoms with Gasteiger partial charge in [-0.2, -0.15) is 0 Å². The maximum Gasteiger partial charge on any atom is 0.573 e. The van der Waals surface area contributed by atoms with E-state index in [-0.39, 0.29) is 17.1 Å². The largest absolute Gasteiger partial charge is 0.573 e. The quantitative estimate of drug-likeness (QED) is 0.790. The van der Waals surface area contributed by atoms with Crippen LogP contribution in [0.3, 0.4) is 0 Å². The number of allylic oxidation sites excluding steroid dienone is 1. The summed E-state index contributed by atoms with van der Waals surface area (Å²) in [5, 5.41) is 0. The van der Waals surface area contributed by atoms with Gasteiger partial charge in [0.1, 0.15) is 5.75 Å². The Balaban J connectivity index is 3.13. The van der Waals surface area contributed by atoms with Crippen LogP contribution in [0.15, 0.2) is 28.7 Å². The van der Waals surface area contributed by atoms with Gasteiger partial charge in [0.2, 0.25) is 0 Å². The van der Waals surface area contributed by atoms with E-state index >= 15 is 0 Å². The lowest BCUT2D eigenvalue weighted by Gasteiger charge is -2.12. The van der Waals surface area contributed by atoms with Gasteiger partial charge < -0.3 is 4.74 Å². The number of carbonyl (C=O) groups is 1. The summed E-state index contributed by atoms with van der Waals surface area (Å²) in [4.78, 5) is 10.8. The first-order valence-electron chi connectivity index (χ1n) is 4.52. The van der Waals surface area contributed by atoms with Gasteiger partial charge >= 0.3 is 6.36 Å². The molecule has 2 nitrogen and oxygen atoms in total. The molecule has 0 N–H and O–H groups in total. The molecular formula is C11H8BrF3O2. The summed E-state index contributed by atoms with van der Waals surface area (Å²) in [6, 6.07) is 4.15. The molecule has 1 aromatic rings. The minimum atomic E-state index is -4.76. The van der Waals surface area contributed by atoms with E-state index in [4.69, 9.17) is 0 Å². The Morgan fingerprint density at radius 3 is 2.59 bits per heavy atom. The fourth-order valence-electron chi connectivity index (χ4n) is 1.09. The molecule has 17 heavy (non-hydrogen) atoms. The van der Waals surface area contributed by atoms with Gasteiger partial charge in [-0.15, -0.1) is 13.2 Å². The van der Waals surface area contributed by atoms with Crippen molar-refractivity contribution in [2.24, 2.45) is 0 Å². The number of hydrogen-bond acceptors (Lipinski definition) is 2. The third-order valence-corrected chi connectivity index (χ3v) is 2.41. The van der Waals surface area contributed by atoms with Gasteiger partial charge in [-0.05, 0) is 31.2 Å². The summed E-state index contributed by atoms with van der Waals surface area (Å²) in [6.07, 6.45) is -2.32. The number of hydrogen-bond donors (Lipinski definition) is 0.